The van der Waals surface area contributed by atoms with E-state index in [0.717, 1.165) is 28.6 Å². The van der Waals surface area contributed by atoms with Crippen LogP contribution in [0.15, 0.2) is 16.6 Å². The van der Waals surface area contributed by atoms with Crippen LogP contribution in [-0.4, -0.2) is 23.4 Å². The third kappa shape index (κ3) is 3.81. The number of hydrogen-bond acceptors (Lipinski definition) is 3. The Morgan fingerprint density at radius 2 is 2.13 bits per heavy atom. The Bertz CT molecular complexity index is 329. The molecule has 0 heterocycles. The first-order valence-electron chi connectivity index (χ1n) is 4.94. The Morgan fingerprint density at radius 1 is 1.40 bits per heavy atom. The molecule has 15 heavy (non-hydrogen) atoms. The van der Waals surface area contributed by atoms with Crippen molar-refractivity contribution < 1.29 is 10.2 Å². The average molecular weight is 274 g/mol. The van der Waals surface area contributed by atoms with E-state index in [1.165, 1.54) is 0 Å². The molecule has 3 N–H and O–H groups in total. The topological polar surface area (TPSA) is 52.5 Å². The van der Waals surface area contributed by atoms with Crippen molar-refractivity contribution in [2.75, 3.05) is 13.2 Å². The summed E-state index contributed by atoms with van der Waals surface area (Å²) < 4.78 is 0.724. The number of hydrogen-bond donors (Lipinski definition) is 3. The van der Waals surface area contributed by atoms with Crippen molar-refractivity contribution >= 4 is 15.9 Å². The van der Waals surface area contributed by atoms with Crippen molar-refractivity contribution in [3.8, 4) is 5.75 Å². The summed E-state index contributed by atoms with van der Waals surface area (Å²) in [7, 11) is 0. The Hall–Kier alpha value is -0.580. The van der Waals surface area contributed by atoms with Gasteiger partial charge in [-0.15, -0.1) is 0 Å². The summed E-state index contributed by atoms with van der Waals surface area (Å²) in [6.45, 7) is 3.55. The number of aliphatic hydroxyl groups is 1. The smallest absolute Gasteiger partial charge is 0.134 e. The molecule has 3 nitrogen and oxygen atoms in total. The fourth-order valence-electron chi connectivity index (χ4n) is 1.37. The normalized spacial score (nSPS) is 10.6. The molecule has 1 aromatic carbocycles. The minimum absolute atomic E-state index is 0.191. The van der Waals surface area contributed by atoms with Crippen LogP contribution in [0, 0.1) is 6.92 Å². The highest BCUT2D eigenvalue weighted by atomic mass is 79.9. The van der Waals surface area contributed by atoms with Gasteiger partial charge in [0.05, 0.1) is 4.47 Å². The van der Waals surface area contributed by atoms with Gasteiger partial charge < -0.3 is 15.5 Å². The monoisotopic (exact) mass is 273 g/mol. The zero-order chi connectivity index (χ0) is 11.3. The molecular weight excluding hydrogens is 258 g/mol. The summed E-state index contributed by atoms with van der Waals surface area (Å²) >= 11 is 3.30. The molecule has 1 rings (SSSR count). The van der Waals surface area contributed by atoms with Crippen molar-refractivity contribution in [1.29, 1.82) is 0 Å². The third-order valence-electron chi connectivity index (χ3n) is 2.11. The number of nitrogens with one attached hydrogen (secondary N) is 1. The SMILES string of the molecule is Cc1cc(Br)c(O)c(CNCCCO)c1. The predicted molar refractivity (Wildman–Crippen MR) is 64.0 cm³/mol. The van der Waals surface area contributed by atoms with Gasteiger partial charge in [0, 0.05) is 18.7 Å². The molecular formula is C11H16BrNO2. The minimum Gasteiger partial charge on any atom is -0.506 e. The maximum absolute atomic E-state index is 9.74. The lowest BCUT2D eigenvalue weighted by molar-refractivity contribution is 0.286. The quantitative estimate of drug-likeness (QED) is 0.719. The first kappa shape index (κ1) is 12.5. The highest BCUT2D eigenvalue weighted by Crippen LogP contribution is 2.29. The van der Waals surface area contributed by atoms with Gasteiger partial charge in [0.25, 0.3) is 0 Å². The van der Waals surface area contributed by atoms with Crippen LogP contribution in [0.4, 0.5) is 0 Å². The van der Waals surface area contributed by atoms with Crippen LogP contribution >= 0.6 is 15.9 Å². The van der Waals surface area contributed by atoms with E-state index in [0.29, 0.717) is 6.54 Å². The fraction of sp³-hybridized carbons (Fsp3) is 0.455. The summed E-state index contributed by atoms with van der Waals surface area (Å²) in [6, 6.07) is 3.83. The molecule has 0 atom stereocenters. The van der Waals surface area contributed by atoms with Gasteiger partial charge in [-0.2, -0.15) is 0 Å². The van der Waals surface area contributed by atoms with Crippen LogP contribution in [0.25, 0.3) is 0 Å². The molecule has 0 radical (unpaired) electrons. The zero-order valence-electron chi connectivity index (χ0n) is 8.76. The molecule has 1 aromatic rings. The van der Waals surface area contributed by atoms with Crippen LogP contribution in [0.3, 0.4) is 0 Å². The van der Waals surface area contributed by atoms with Crippen molar-refractivity contribution in [2.45, 2.75) is 19.9 Å². The van der Waals surface area contributed by atoms with E-state index in [1.54, 1.807) is 0 Å². The Balaban J connectivity index is 2.60. The number of halogens is 1. The Kier molecular flexibility index (Phi) is 5.08. The summed E-state index contributed by atoms with van der Waals surface area (Å²) in [5.41, 5.74) is 1.98. The fourth-order valence-corrected chi connectivity index (χ4v) is 1.98. The maximum Gasteiger partial charge on any atom is 0.134 e. The molecule has 0 amide bonds. The lowest BCUT2D eigenvalue weighted by Crippen LogP contribution is -2.15. The van der Waals surface area contributed by atoms with E-state index in [1.807, 2.05) is 19.1 Å². The van der Waals surface area contributed by atoms with Gasteiger partial charge in [0.1, 0.15) is 5.75 Å². The van der Waals surface area contributed by atoms with Crippen LogP contribution in [0.1, 0.15) is 17.5 Å². The molecule has 0 spiro atoms. The molecule has 0 fully saturated rings. The molecule has 0 saturated carbocycles. The number of benzene rings is 1. The van der Waals surface area contributed by atoms with Crippen LogP contribution in [0.2, 0.25) is 0 Å². The molecule has 0 saturated heterocycles. The molecule has 0 aromatic heterocycles. The summed E-state index contributed by atoms with van der Waals surface area (Å²) in [4.78, 5) is 0. The second-order valence-corrected chi connectivity index (χ2v) is 4.36. The van der Waals surface area contributed by atoms with E-state index in [-0.39, 0.29) is 12.4 Å². The summed E-state index contributed by atoms with van der Waals surface area (Å²) in [5, 5.41) is 21.5. The molecule has 84 valence electrons. The highest BCUT2D eigenvalue weighted by Gasteiger charge is 2.05. The molecule has 0 bridgehead atoms. The first-order chi connectivity index (χ1) is 7.15. The summed E-state index contributed by atoms with van der Waals surface area (Å²) in [5.74, 6) is 0.289. The van der Waals surface area contributed by atoms with Gasteiger partial charge in [0.15, 0.2) is 0 Å². The van der Waals surface area contributed by atoms with Gasteiger partial charge in [-0.25, -0.2) is 0 Å². The van der Waals surface area contributed by atoms with E-state index in [2.05, 4.69) is 21.2 Å². The van der Waals surface area contributed by atoms with E-state index >= 15 is 0 Å². The minimum atomic E-state index is 0.191. The molecule has 0 unspecified atom stereocenters. The van der Waals surface area contributed by atoms with Crippen molar-refractivity contribution in [2.24, 2.45) is 0 Å². The van der Waals surface area contributed by atoms with Crippen LogP contribution < -0.4 is 5.32 Å². The van der Waals surface area contributed by atoms with E-state index in [4.69, 9.17) is 5.11 Å². The van der Waals surface area contributed by atoms with Crippen molar-refractivity contribution in [3.63, 3.8) is 0 Å². The first-order valence-corrected chi connectivity index (χ1v) is 5.74. The van der Waals surface area contributed by atoms with E-state index in [9.17, 15) is 5.11 Å². The Labute approximate surface area is 98.3 Å². The lowest BCUT2D eigenvalue weighted by atomic mass is 10.1. The van der Waals surface area contributed by atoms with Crippen LogP contribution in [0.5, 0.6) is 5.75 Å². The lowest BCUT2D eigenvalue weighted by Gasteiger charge is -2.09. The third-order valence-corrected chi connectivity index (χ3v) is 2.72. The Morgan fingerprint density at radius 3 is 2.80 bits per heavy atom. The average Bonchev–Trinajstić information content (AvgIpc) is 2.19. The van der Waals surface area contributed by atoms with Gasteiger partial charge in [0.2, 0.25) is 0 Å². The predicted octanol–water partition coefficient (Wildman–Crippen LogP) is 1.94. The number of phenols is 1. The van der Waals surface area contributed by atoms with Crippen LogP contribution in [-0.2, 0) is 6.54 Å². The highest BCUT2D eigenvalue weighted by molar-refractivity contribution is 9.10. The van der Waals surface area contributed by atoms with Gasteiger partial charge in [-0.3, -0.25) is 0 Å². The van der Waals surface area contributed by atoms with Gasteiger partial charge in [-0.05, 0) is 47.4 Å². The second-order valence-electron chi connectivity index (χ2n) is 3.51. The number of phenolic OH excluding ortho intramolecular Hbond substituents is 1. The number of rotatable bonds is 5. The molecule has 0 aliphatic carbocycles. The van der Waals surface area contributed by atoms with Crippen molar-refractivity contribution in [1.82, 2.24) is 5.32 Å². The number of aliphatic hydroxyl groups excluding tert-OH is 1. The standard InChI is InChI=1S/C11H16BrNO2/c1-8-5-9(7-13-3-2-4-14)11(15)10(12)6-8/h5-6,13-15H,2-4,7H2,1H3. The second kappa shape index (κ2) is 6.10. The molecule has 0 aliphatic heterocycles. The largest absolute Gasteiger partial charge is 0.506 e. The van der Waals surface area contributed by atoms with Crippen molar-refractivity contribution in [3.05, 3.63) is 27.7 Å². The number of aryl methyl sites for hydroxylation is 1. The van der Waals surface area contributed by atoms with Gasteiger partial charge in [-0.1, -0.05) is 6.07 Å². The molecule has 4 heteroatoms. The maximum atomic E-state index is 9.74. The number of aromatic hydroxyl groups is 1. The molecule has 0 aliphatic rings. The van der Waals surface area contributed by atoms with Gasteiger partial charge >= 0.3 is 0 Å². The summed E-state index contributed by atoms with van der Waals surface area (Å²) in [6.07, 6.45) is 0.730. The van der Waals surface area contributed by atoms with E-state index < -0.39 is 0 Å². The zero-order valence-corrected chi connectivity index (χ0v) is 10.3.